The van der Waals surface area contributed by atoms with E-state index in [4.69, 9.17) is 10.00 Å². The van der Waals surface area contributed by atoms with Gasteiger partial charge in [-0.05, 0) is 92.4 Å². The van der Waals surface area contributed by atoms with Crippen molar-refractivity contribution in [3.05, 3.63) is 101 Å². The highest BCUT2D eigenvalue weighted by molar-refractivity contribution is 7.90. The lowest BCUT2D eigenvalue weighted by molar-refractivity contribution is -0.137. The summed E-state index contributed by atoms with van der Waals surface area (Å²) < 4.78 is 33.9. The van der Waals surface area contributed by atoms with Crippen LogP contribution in [-0.4, -0.2) is 49.9 Å². The van der Waals surface area contributed by atoms with Crippen LogP contribution in [0.4, 0.5) is 5.69 Å². The summed E-state index contributed by atoms with van der Waals surface area (Å²) >= 11 is 1.71. The number of anilines is 1. The predicted molar refractivity (Wildman–Crippen MR) is 186 cm³/mol. The third-order valence-corrected chi connectivity index (χ3v) is 11.0. The number of thiophene rings is 1. The average molecular weight is 683 g/mol. The van der Waals surface area contributed by atoms with Gasteiger partial charge in [-0.1, -0.05) is 42.5 Å². The number of nitrogens with one attached hydrogen (secondary N) is 1. The maximum absolute atomic E-state index is 14.0. The average Bonchev–Trinajstić information content (AvgIpc) is 3.79. The molecule has 1 saturated carbocycles. The molecule has 2 aliphatic rings. The molecule has 0 bridgehead atoms. The van der Waals surface area contributed by atoms with E-state index < -0.39 is 21.5 Å². The molecule has 1 unspecified atom stereocenters. The van der Waals surface area contributed by atoms with Gasteiger partial charge >= 0.3 is 0 Å². The zero-order chi connectivity index (χ0) is 33.9. The number of hydrogen-bond donors (Lipinski definition) is 1. The number of benzene rings is 3. The molecule has 6 rings (SSSR count). The topological polar surface area (TPSA) is 120 Å². The van der Waals surface area contributed by atoms with Gasteiger partial charge in [0.25, 0.3) is 15.9 Å². The lowest BCUT2D eigenvalue weighted by atomic mass is 9.95. The monoisotopic (exact) mass is 682 g/mol. The summed E-state index contributed by atoms with van der Waals surface area (Å²) in [5.74, 6) is -0.395. The van der Waals surface area contributed by atoms with Crippen LogP contribution in [0, 0.1) is 17.2 Å². The minimum absolute atomic E-state index is 0.138. The predicted octanol–water partition coefficient (Wildman–Crippen LogP) is 6.36. The van der Waals surface area contributed by atoms with Gasteiger partial charge < -0.3 is 14.5 Å². The van der Waals surface area contributed by atoms with Crippen molar-refractivity contribution in [1.82, 2.24) is 9.62 Å². The smallest absolute Gasteiger partial charge is 0.277 e. The molecular weight excluding hydrogens is 645 g/mol. The summed E-state index contributed by atoms with van der Waals surface area (Å²) in [5.41, 5.74) is 1.81. The van der Waals surface area contributed by atoms with E-state index in [1.807, 2.05) is 30.3 Å². The summed E-state index contributed by atoms with van der Waals surface area (Å²) in [6, 6.07) is 27.6. The number of carbonyl (C=O) groups excluding carboxylic acids is 2. The number of hydrogen-bond acceptors (Lipinski definition) is 8. The minimum atomic E-state index is -4.22. The molecule has 0 spiro atoms. The van der Waals surface area contributed by atoms with Gasteiger partial charge in [0.15, 0.2) is 5.60 Å². The van der Waals surface area contributed by atoms with Gasteiger partial charge in [-0.3, -0.25) is 9.59 Å². The maximum atomic E-state index is 14.0. The minimum Gasteiger partial charge on any atom is -0.478 e. The molecule has 11 heteroatoms. The van der Waals surface area contributed by atoms with Crippen molar-refractivity contribution in [3.63, 3.8) is 0 Å². The Hall–Kier alpha value is -4.66. The standard InChI is InChI=1S/C37H38N4O5S2/c1-37(2,36(43)39-48(44,45)33-11-3-7-27(21-33)23-38)46-32-10-4-9-31(22-32)40-19-5-8-29(25-40)35(42)41(30-17-18-30)24-26-13-15-28(16-14-26)34-12-6-20-47-34/h3-4,6-7,9-16,20-22,29-30H,5,8,17-19,24-25H2,1-2H3,(H,39,43). The van der Waals surface area contributed by atoms with Crippen molar-refractivity contribution < 1.29 is 22.7 Å². The molecule has 1 N–H and O–H groups in total. The molecule has 9 nitrogen and oxygen atoms in total. The van der Waals surface area contributed by atoms with Crippen molar-refractivity contribution >= 4 is 38.9 Å². The molecule has 248 valence electrons. The largest absolute Gasteiger partial charge is 0.478 e. The first-order valence-electron chi connectivity index (χ1n) is 16.1. The Labute approximate surface area is 285 Å². The highest BCUT2D eigenvalue weighted by Crippen LogP contribution is 2.34. The number of rotatable bonds is 11. The van der Waals surface area contributed by atoms with Crippen LogP contribution >= 0.6 is 11.3 Å². The molecule has 48 heavy (non-hydrogen) atoms. The number of nitriles is 1. The number of carbonyl (C=O) groups is 2. The lowest BCUT2D eigenvalue weighted by Crippen LogP contribution is -2.48. The molecule has 2 fully saturated rings. The van der Waals surface area contributed by atoms with E-state index in [1.165, 1.54) is 48.6 Å². The van der Waals surface area contributed by atoms with Gasteiger partial charge in [0.05, 0.1) is 22.4 Å². The highest BCUT2D eigenvalue weighted by Gasteiger charge is 2.38. The fraction of sp³-hybridized carbons (Fsp3) is 0.324. The first-order valence-corrected chi connectivity index (χ1v) is 18.4. The van der Waals surface area contributed by atoms with Gasteiger partial charge in [0.1, 0.15) is 5.75 Å². The molecule has 0 radical (unpaired) electrons. The van der Waals surface area contributed by atoms with Crippen LogP contribution in [-0.2, 0) is 26.2 Å². The van der Waals surface area contributed by atoms with E-state index in [0.717, 1.165) is 43.5 Å². The van der Waals surface area contributed by atoms with Crippen molar-refractivity contribution in [2.45, 2.75) is 62.6 Å². The van der Waals surface area contributed by atoms with Gasteiger partial charge in [-0.25, -0.2) is 13.1 Å². The van der Waals surface area contributed by atoms with Crippen molar-refractivity contribution in [3.8, 4) is 22.3 Å². The Morgan fingerprint density at radius 1 is 1.02 bits per heavy atom. The van der Waals surface area contributed by atoms with E-state index in [0.29, 0.717) is 18.8 Å². The number of nitrogens with zero attached hydrogens (tertiary/aromatic N) is 3. The molecule has 1 atom stereocenters. The Morgan fingerprint density at radius 2 is 1.79 bits per heavy atom. The maximum Gasteiger partial charge on any atom is 0.277 e. The number of amides is 2. The van der Waals surface area contributed by atoms with Crippen molar-refractivity contribution in [1.29, 1.82) is 5.26 Å². The second kappa shape index (κ2) is 13.8. The molecular formula is C37H38N4O5S2. The fourth-order valence-corrected chi connectivity index (χ4v) is 7.84. The first kappa shape index (κ1) is 33.2. The number of piperidine rings is 1. The fourth-order valence-electron chi connectivity index (χ4n) is 5.96. The first-order chi connectivity index (χ1) is 23.0. The molecule has 2 amide bonds. The SMILES string of the molecule is CC(C)(Oc1cccc(N2CCCC(C(=O)N(Cc3ccc(-c4cccs4)cc3)C3CC3)C2)c1)C(=O)NS(=O)(=O)c1cccc(C#N)c1. The van der Waals surface area contributed by atoms with Crippen molar-refractivity contribution in [2.24, 2.45) is 5.92 Å². The zero-order valence-electron chi connectivity index (χ0n) is 27.0. The van der Waals surface area contributed by atoms with Gasteiger partial charge in [-0.2, -0.15) is 5.26 Å². The zero-order valence-corrected chi connectivity index (χ0v) is 28.6. The molecule has 1 aromatic heterocycles. The Kier molecular flexibility index (Phi) is 9.58. The quantitative estimate of drug-likeness (QED) is 0.196. The number of sulfonamides is 1. The Morgan fingerprint density at radius 3 is 2.50 bits per heavy atom. The van der Waals surface area contributed by atoms with Crippen LogP contribution in [0.1, 0.15) is 50.7 Å². The Bertz CT molecular complexity index is 1930. The van der Waals surface area contributed by atoms with E-state index in [1.54, 1.807) is 17.4 Å². The van der Waals surface area contributed by atoms with E-state index in [9.17, 15) is 18.0 Å². The second-order valence-electron chi connectivity index (χ2n) is 12.8. The highest BCUT2D eigenvalue weighted by atomic mass is 32.2. The normalized spacial score (nSPS) is 16.5. The summed E-state index contributed by atoms with van der Waals surface area (Å²) in [6.45, 7) is 4.95. The molecule has 1 aliphatic carbocycles. The van der Waals surface area contributed by atoms with Gasteiger partial charge in [0.2, 0.25) is 5.91 Å². The third-order valence-electron chi connectivity index (χ3n) is 8.76. The van der Waals surface area contributed by atoms with Crippen LogP contribution in [0.5, 0.6) is 5.75 Å². The lowest BCUT2D eigenvalue weighted by Gasteiger charge is -2.36. The summed E-state index contributed by atoms with van der Waals surface area (Å²) in [6.07, 6.45) is 3.76. The summed E-state index contributed by atoms with van der Waals surface area (Å²) in [5, 5.41) is 11.2. The van der Waals surface area contributed by atoms with Gasteiger partial charge in [0, 0.05) is 42.3 Å². The summed E-state index contributed by atoms with van der Waals surface area (Å²) in [7, 11) is -4.22. The van der Waals surface area contributed by atoms with Crippen LogP contribution in [0.25, 0.3) is 10.4 Å². The van der Waals surface area contributed by atoms with Crippen molar-refractivity contribution in [2.75, 3.05) is 18.0 Å². The van der Waals surface area contributed by atoms with Gasteiger partial charge in [-0.15, -0.1) is 11.3 Å². The van der Waals surface area contributed by atoms with E-state index in [2.05, 4.69) is 50.2 Å². The number of ether oxygens (including phenoxy) is 1. The van der Waals surface area contributed by atoms with Crippen LogP contribution in [0.15, 0.2) is 95.2 Å². The Balaban J connectivity index is 1.10. The molecule has 3 aromatic carbocycles. The molecule has 1 aliphatic heterocycles. The molecule has 1 saturated heterocycles. The van der Waals surface area contributed by atoms with E-state index >= 15 is 0 Å². The van der Waals surface area contributed by atoms with Crippen LogP contribution in [0.3, 0.4) is 0 Å². The second-order valence-corrected chi connectivity index (χ2v) is 15.5. The van der Waals surface area contributed by atoms with E-state index in [-0.39, 0.29) is 28.3 Å². The molecule has 4 aromatic rings. The molecule has 2 heterocycles. The van der Waals surface area contributed by atoms with Crippen LogP contribution < -0.4 is 14.4 Å². The summed E-state index contributed by atoms with van der Waals surface area (Å²) in [4.78, 5) is 32.4. The third kappa shape index (κ3) is 7.72. The van der Waals surface area contributed by atoms with Crippen LogP contribution in [0.2, 0.25) is 0 Å².